The third-order valence-corrected chi connectivity index (χ3v) is 2.90. The molecule has 0 aliphatic carbocycles. The predicted molar refractivity (Wildman–Crippen MR) is 59.0 cm³/mol. The molecule has 15 heavy (non-hydrogen) atoms. The van der Waals surface area contributed by atoms with Crippen LogP contribution in [-0.2, 0) is 0 Å². The second-order valence-electron chi connectivity index (χ2n) is 2.84. The van der Waals surface area contributed by atoms with Gasteiger partial charge >= 0.3 is 0 Å². The highest BCUT2D eigenvalue weighted by Gasteiger charge is 2.14. The minimum atomic E-state index is -0.482. The molecule has 0 atom stereocenters. The van der Waals surface area contributed by atoms with Crippen LogP contribution in [0.4, 0.5) is 10.2 Å². The van der Waals surface area contributed by atoms with E-state index < -0.39 is 5.82 Å². The Morgan fingerprint density at radius 1 is 1.47 bits per heavy atom. The van der Waals surface area contributed by atoms with Gasteiger partial charge in [-0.05, 0) is 34.1 Å². The van der Waals surface area contributed by atoms with Crippen molar-refractivity contribution in [3.05, 3.63) is 33.5 Å². The number of hydrogen-bond donors (Lipinski definition) is 1. The highest BCUT2D eigenvalue weighted by atomic mass is 79.9. The average Bonchev–Trinajstić information content (AvgIpc) is 2.53. The van der Waals surface area contributed by atoms with Crippen LogP contribution in [0.5, 0.6) is 0 Å². The van der Waals surface area contributed by atoms with Crippen LogP contribution in [0.2, 0.25) is 5.02 Å². The van der Waals surface area contributed by atoms with Crippen LogP contribution in [-0.4, -0.2) is 5.16 Å². The molecule has 0 bridgehead atoms. The Hall–Kier alpha value is -1.07. The van der Waals surface area contributed by atoms with Crippen LogP contribution >= 0.6 is 27.5 Å². The molecule has 2 rings (SSSR count). The van der Waals surface area contributed by atoms with Crippen LogP contribution in [0.15, 0.2) is 27.2 Å². The predicted octanol–water partition coefficient (Wildman–Crippen LogP) is 3.48. The van der Waals surface area contributed by atoms with E-state index in [2.05, 4.69) is 21.1 Å². The number of nitrogen functional groups attached to an aromatic ring is 1. The molecule has 0 spiro atoms. The summed E-state index contributed by atoms with van der Waals surface area (Å²) in [5.74, 6) is 0.184. The van der Waals surface area contributed by atoms with Crippen LogP contribution in [0.25, 0.3) is 11.3 Å². The van der Waals surface area contributed by atoms with Gasteiger partial charge in [0.1, 0.15) is 10.3 Å². The fourth-order valence-corrected chi connectivity index (χ4v) is 1.66. The molecule has 6 heteroatoms. The van der Waals surface area contributed by atoms with Crippen LogP contribution in [0.3, 0.4) is 0 Å². The molecule has 0 aliphatic rings. The number of anilines is 1. The van der Waals surface area contributed by atoms with Crippen molar-refractivity contribution in [2.75, 3.05) is 5.73 Å². The molecule has 1 heterocycles. The third kappa shape index (κ3) is 1.85. The van der Waals surface area contributed by atoms with Crippen molar-refractivity contribution < 1.29 is 8.91 Å². The first-order valence-corrected chi connectivity index (χ1v) is 5.12. The zero-order valence-electron chi connectivity index (χ0n) is 7.30. The molecule has 0 fully saturated rings. The molecule has 78 valence electrons. The lowest BCUT2D eigenvalue weighted by Gasteiger charge is -1.98. The van der Waals surface area contributed by atoms with Crippen molar-refractivity contribution >= 4 is 33.3 Å². The van der Waals surface area contributed by atoms with Gasteiger partial charge < -0.3 is 10.3 Å². The normalized spacial score (nSPS) is 10.6. The highest BCUT2D eigenvalue weighted by molar-refractivity contribution is 9.10. The largest absolute Gasteiger partial charge is 0.380 e. The first-order valence-electron chi connectivity index (χ1n) is 3.95. The molecule has 2 aromatic rings. The second kappa shape index (κ2) is 3.83. The van der Waals surface area contributed by atoms with E-state index in [-0.39, 0.29) is 10.8 Å². The zero-order valence-corrected chi connectivity index (χ0v) is 9.64. The zero-order chi connectivity index (χ0) is 11.0. The van der Waals surface area contributed by atoms with E-state index in [9.17, 15) is 4.39 Å². The van der Waals surface area contributed by atoms with Crippen LogP contribution < -0.4 is 5.73 Å². The van der Waals surface area contributed by atoms with Gasteiger partial charge in [-0.2, -0.15) is 0 Å². The van der Waals surface area contributed by atoms with Gasteiger partial charge in [0.25, 0.3) is 0 Å². The molecule has 0 radical (unpaired) electrons. The summed E-state index contributed by atoms with van der Waals surface area (Å²) >= 11 is 8.85. The summed E-state index contributed by atoms with van der Waals surface area (Å²) in [5, 5.41) is 3.59. The molecule has 2 N–H and O–H groups in total. The average molecular weight is 292 g/mol. The smallest absolute Gasteiger partial charge is 0.183 e. The Labute approximate surface area is 98.1 Å². The van der Waals surface area contributed by atoms with Crippen molar-refractivity contribution in [1.82, 2.24) is 5.16 Å². The van der Waals surface area contributed by atoms with E-state index in [1.807, 2.05) is 0 Å². The van der Waals surface area contributed by atoms with Crippen LogP contribution in [0, 0.1) is 5.82 Å². The van der Waals surface area contributed by atoms with Crippen molar-refractivity contribution in [2.24, 2.45) is 0 Å². The van der Waals surface area contributed by atoms with Gasteiger partial charge in [-0.15, -0.1) is 0 Å². The Morgan fingerprint density at radius 2 is 2.20 bits per heavy atom. The molecule has 0 saturated heterocycles. The molecule has 0 aliphatic heterocycles. The number of nitrogens with zero attached hydrogens (tertiary/aromatic N) is 1. The van der Waals surface area contributed by atoms with E-state index >= 15 is 0 Å². The molecular weight excluding hydrogens is 286 g/mol. The van der Waals surface area contributed by atoms with Gasteiger partial charge in [0.15, 0.2) is 11.6 Å². The summed E-state index contributed by atoms with van der Waals surface area (Å²) in [6, 6.07) is 4.23. The summed E-state index contributed by atoms with van der Waals surface area (Å²) < 4.78 is 18.4. The topological polar surface area (TPSA) is 52.0 Å². The summed E-state index contributed by atoms with van der Waals surface area (Å²) in [4.78, 5) is 0. The van der Waals surface area contributed by atoms with Gasteiger partial charge in [-0.25, -0.2) is 4.39 Å². The van der Waals surface area contributed by atoms with Gasteiger partial charge in [0, 0.05) is 5.56 Å². The van der Waals surface area contributed by atoms with Crippen molar-refractivity contribution in [1.29, 1.82) is 0 Å². The molecule has 0 saturated carbocycles. The lowest BCUT2D eigenvalue weighted by Crippen LogP contribution is -1.84. The Balaban J connectivity index is 2.55. The number of hydrogen-bond acceptors (Lipinski definition) is 3. The standard InChI is InChI=1S/C9H5BrClFN2O/c10-7-8(15-14-9(7)13)4-1-2-6(12)5(11)3-4/h1-3H,(H2,13,14). The van der Waals surface area contributed by atoms with Crippen LogP contribution in [0.1, 0.15) is 0 Å². The number of benzene rings is 1. The van der Waals surface area contributed by atoms with Crippen molar-refractivity contribution in [3.8, 4) is 11.3 Å². The summed E-state index contributed by atoms with van der Waals surface area (Å²) in [6.45, 7) is 0. The van der Waals surface area contributed by atoms with E-state index in [1.165, 1.54) is 18.2 Å². The van der Waals surface area contributed by atoms with Gasteiger partial charge in [0.2, 0.25) is 0 Å². The SMILES string of the molecule is Nc1noc(-c2ccc(F)c(Cl)c2)c1Br. The minimum Gasteiger partial charge on any atom is -0.380 e. The molecule has 3 nitrogen and oxygen atoms in total. The maximum Gasteiger partial charge on any atom is 0.183 e. The second-order valence-corrected chi connectivity index (χ2v) is 4.04. The molecule has 1 aromatic heterocycles. The number of aromatic nitrogens is 1. The summed E-state index contributed by atoms with van der Waals surface area (Å²) in [5.41, 5.74) is 6.10. The lowest BCUT2D eigenvalue weighted by atomic mass is 10.2. The number of rotatable bonds is 1. The number of halogens is 3. The maximum atomic E-state index is 12.9. The monoisotopic (exact) mass is 290 g/mol. The molecular formula is C9H5BrClFN2O. The van der Waals surface area contributed by atoms with E-state index in [4.69, 9.17) is 21.9 Å². The van der Waals surface area contributed by atoms with E-state index in [1.54, 1.807) is 0 Å². The number of nitrogens with two attached hydrogens (primary N) is 1. The molecule has 1 aromatic carbocycles. The lowest BCUT2D eigenvalue weighted by molar-refractivity contribution is 0.435. The fourth-order valence-electron chi connectivity index (χ4n) is 1.11. The van der Waals surface area contributed by atoms with Crippen molar-refractivity contribution in [2.45, 2.75) is 0 Å². The van der Waals surface area contributed by atoms with E-state index in [0.717, 1.165) is 0 Å². The Bertz CT molecular complexity index is 515. The molecule has 0 amide bonds. The third-order valence-electron chi connectivity index (χ3n) is 1.84. The van der Waals surface area contributed by atoms with Crippen molar-refractivity contribution in [3.63, 3.8) is 0 Å². The minimum absolute atomic E-state index is 0.0226. The quantitative estimate of drug-likeness (QED) is 0.875. The first-order chi connectivity index (χ1) is 7.09. The summed E-state index contributed by atoms with van der Waals surface area (Å²) in [7, 11) is 0. The highest BCUT2D eigenvalue weighted by Crippen LogP contribution is 2.33. The summed E-state index contributed by atoms with van der Waals surface area (Å²) in [6.07, 6.45) is 0. The fraction of sp³-hybridized carbons (Fsp3) is 0. The Kier molecular flexibility index (Phi) is 2.67. The first kappa shape index (κ1) is 10.4. The molecule has 0 unspecified atom stereocenters. The maximum absolute atomic E-state index is 12.9. The van der Waals surface area contributed by atoms with E-state index in [0.29, 0.717) is 15.8 Å². The Morgan fingerprint density at radius 3 is 2.73 bits per heavy atom. The van der Waals surface area contributed by atoms with Gasteiger partial charge in [-0.3, -0.25) is 0 Å². The van der Waals surface area contributed by atoms with Gasteiger partial charge in [0.05, 0.1) is 5.02 Å². The van der Waals surface area contributed by atoms with Gasteiger partial charge in [-0.1, -0.05) is 16.8 Å².